The van der Waals surface area contributed by atoms with Crippen molar-refractivity contribution in [2.24, 2.45) is 0 Å². The number of para-hydroxylation sites is 1. The van der Waals surface area contributed by atoms with Crippen LogP contribution in [0.25, 0.3) is 11.0 Å². The summed E-state index contributed by atoms with van der Waals surface area (Å²) in [5.41, 5.74) is 6.14. The molecule has 3 rings (SSSR count). The van der Waals surface area contributed by atoms with Crippen LogP contribution in [0, 0.1) is 13.8 Å². The number of aromatic nitrogens is 2. The van der Waals surface area contributed by atoms with Crippen LogP contribution in [0.2, 0.25) is 0 Å². The molecule has 106 valence electrons. The fourth-order valence-electron chi connectivity index (χ4n) is 2.48. The third-order valence-corrected chi connectivity index (χ3v) is 3.55. The van der Waals surface area contributed by atoms with E-state index in [-0.39, 0.29) is 0 Å². The molecule has 21 heavy (non-hydrogen) atoms. The smallest absolute Gasteiger partial charge is 0.205 e. The van der Waals surface area contributed by atoms with Gasteiger partial charge in [-0.05, 0) is 42.7 Å². The number of rotatable bonds is 4. The molecular formula is C17H17N3O. The lowest BCUT2D eigenvalue weighted by Crippen LogP contribution is -1.94. The standard InChI is InChI=1S/C17H17N3O/c1-11-5-3-4-6-14(11)18-17-19-15-10-13(7-8-21)9-12(2)16(15)20-17/h3-6,8-10H,7H2,1-2H3,(H2,18,19,20). The second kappa shape index (κ2) is 5.40. The predicted octanol–water partition coefficient (Wildman–Crippen LogP) is 3.66. The Kier molecular flexibility index (Phi) is 3.44. The first-order chi connectivity index (χ1) is 10.2. The van der Waals surface area contributed by atoms with Crippen LogP contribution in [0.15, 0.2) is 36.4 Å². The maximum atomic E-state index is 10.7. The van der Waals surface area contributed by atoms with Gasteiger partial charge in [0.05, 0.1) is 11.0 Å². The molecule has 0 fully saturated rings. The predicted molar refractivity (Wildman–Crippen MR) is 85.1 cm³/mol. The van der Waals surface area contributed by atoms with E-state index >= 15 is 0 Å². The molecule has 2 aromatic carbocycles. The number of fused-ring (bicyclic) bond motifs is 1. The van der Waals surface area contributed by atoms with E-state index in [1.165, 1.54) is 0 Å². The molecule has 0 saturated heterocycles. The Bertz CT molecular complexity index is 805. The number of hydrogen-bond donors (Lipinski definition) is 2. The van der Waals surface area contributed by atoms with Crippen LogP contribution < -0.4 is 5.32 Å². The molecule has 0 bridgehead atoms. The monoisotopic (exact) mass is 279 g/mol. The summed E-state index contributed by atoms with van der Waals surface area (Å²) in [4.78, 5) is 18.5. The van der Waals surface area contributed by atoms with E-state index in [0.29, 0.717) is 12.4 Å². The van der Waals surface area contributed by atoms with Gasteiger partial charge < -0.3 is 15.1 Å². The van der Waals surface area contributed by atoms with Crippen molar-refractivity contribution in [1.82, 2.24) is 9.97 Å². The zero-order valence-corrected chi connectivity index (χ0v) is 12.1. The van der Waals surface area contributed by atoms with Gasteiger partial charge in [-0.2, -0.15) is 0 Å². The molecule has 0 aliphatic carbocycles. The van der Waals surface area contributed by atoms with Gasteiger partial charge in [0.25, 0.3) is 0 Å². The second-order valence-electron chi connectivity index (χ2n) is 5.21. The lowest BCUT2D eigenvalue weighted by atomic mass is 10.1. The molecule has 0 aliphatic rings. The summed E-state index contributed by atoms with van der Waals surface area (Å²) in [5.74, 6) is 0.714. The van der Waals surface area contributed by atoms with Crippen molar-refractivity contribution in [3.8, 4) is 0 Å². The maximum absolute atomic E-state index is 10.7. The van der Waals surface area contributed by atoms with Gasteiger partial charge in [0.2, 0.25) is 5.95 Å². The van der Waals surface area contributed by atoms with E-state index in [0.717, 1.165) is 39.7 Å². The zero-order chi connectivity index (χ0) is 14.8. The fourth-order valence-corrected chi connectivity index (χ4v) is 2.48. The van der Waals surface area contributed by atoms with Gasteiger partial charge in [-0.1, -0.05) is 24.3 Å². The van der Waals surface area contributed by atoms with Crippen molar-refractivity contribution in [3.05, 3.63) is 53.1 Å². The minimum Gasteiger partial charge on any atom is -0.326 e. The van der Waals surface area contributed by atoms with Crippen molar-refractivity contribution in [2.45, 2.75) is 20.3 Å². The van der Waals surface area contributed by atoms with E-state index < -0.39 is 0 Å². The molecule has 0 aliphatic heterocycles. The molecule has 1 heterocycles. The fraction of sp³-hybridized carbons (Fsp3) is 0.176. The topological polar surface area (TPSA) is 57.8 Å². The number of anilines is 2. The first-order valence-electron chi connectivity index (χ1n) is 6.93. The summed E-state index contributed by atoms with van der Waals surface area (Å²) in [6.45, 7) is 4.06. The van der Waals surface area contributed by atoms with Crippen molar-refractivity contribution in [3.63, 3.8) is 0 Å². The van der Waals surface area contributed by atoms with Crippen LogP contribution in [-0.2, 0) is 11.2 Å². The Balaban J connectivity index is 1.99. The molecule has 0 atom stereocenters. The number of H-pyrrole nitrogens is 1. The van der Waals surface area contributed by atoms with Crippen LogP contribution in [0.5, 0.6) is 0 Å². The molecule has 1 aromatic heterocycles. The van der Waals surface area contributed by atoms with Gasteiger partial charge in [-0.3, -0.25) is 0 Å². The van der Waals surface area contributed by atoms with Crippen LogP contribution >= 0.6 is 0 Å². The van der Waals surface area contributed by atoms with Gasteiger partial charge in [0, 0.05) is 12.1 Å². The Morgan fingerprint density at radius 1 is 1.19 bits per heavy atom. The van der Waals surface area contributed by atoms with E-state index in [9.17, 15) is 4.79 Å². The highest BCUT2D eigenvalue weighted by atomic mass is 16.1. The SMILES string of the molecule is Cc1ccccc1Nc1nc2c(C)cc(CC=O)cc2[nH]1. The first kappa shape index (κ1) is 13.4. The zero-order valence-electron chi connectivity index (χ0n) is 12.1. The van der Waals surface area contributed by atoms with E-state index in [1.807, 2.05) is 37.3 Å². The van der Waals surface area contributed by atoms with Crippen LogP contribution in [0.4, 0.5) is 11.6 Å². The summed E-state index contributed by atoms with van der Waals surface area (Å²) >= 11 is 0. The largest absolute Gasteiger partial charge is 0.326 e. The average molecular weight is 279 g/mol. The minimum absolute atomic E-state index is 0.427. The summed E-state index contributed by atoms with van der Waals surface area (Å²) in [7, 11) is 0. The molecule has 0 spiro atoms. The lowest BCUT2D eigenvalue weighted by molar-refractivity contribution is -0.107. The number of imidazole rings is 1. The summed E-state index contributed by atoms with van der Waals surface area (Å²) in [6.07, 6.45) is 1.35. The van der Waals surface area contributed by atoms with E-state index in [1.54, 1.807) is 0 Å². The Hall–Kier alpha value is -2.62. The number of aromatic amines is 1. The van der Waals surface area contributed by atoms with Gasteiger partial charge in [-0.15, -0.1) is 0 Å². The van der Waals surface area contributed by atoms with Crippen LogP contribution in [0.3, 0.4) is 0 Å². The highest BCUT2D eigenvalue weighted by Gasteiger charge is 2.08. The van der Waals surface area contributed by atoms with Crippen LogP contribution in [-0.4, -0.2) is 16.3 Å². The molecule has 0 amide bonds. The number of carbonyl (C=O) groups excluding carboxylic acids is 1. The molecule has 4 heteroatoms. The van der Waals surface area contributed by atoms with Gasteiger partial charge in [0.15, 0.2) is 0 Å². The number of nitrogens with zero attached hydrogens (tertiary/aromatic N) is 1. The number of aldehydes is 1. The maximum Gasteiger partial charge on any atom is 0.205 e. The molecule has 0 radical (unpaired) electrons. The number of hydrogen-bond acceptors (Lipinski definition) is 3. The van der Waals surface area contributed by atoms with Crippen LogP contribution in [0.1, 0.15) is 16.7 Å². The first-order valence-corrected chi connectivity index (χ1v) is 6.93. The molecule has 4 nitrogen and oxygen atoms in total. The highest BCUT2D eigenvalue weighted by molar-refractivity contribution is 5.83. The van der Waals surface area contributed by atoms with Crippen molar-refractivity contribution in [2.75, 3.05) is 5.32 Å². The van der Waals surface area contributed by atoms with E-state index in [2.05, 4.69) is 28.3 Å². The van der Waals surface area contributed by atoms with Gasteiger partial charge >= 0.3 is 0 Å². The third-order valence-electron chi connectivity index (χ3n) is 3.55. The summed E-state index contributed by atoms with van der Waals surface area (Å²) < 4.78 is 0. The lowest BCUT2D eigenvalue weighted by Gasteiger charge is -2.05. The van der Waals surface area contributed by atoms with Gasteiger partial charge in [-0.25, -0.2) is 4.98 Å². The Labute approximate surface area is 123 Å². The second-order valence-corrected chi connectivity index (χ2v) is 5.21. The molecular weight excluding hydrogens is 262 g/mol. The highest BCUT2D eigenvalue weighted by Crippen LogP contribution is 2.23. The Morgan fingerprint density at radius 2 is 2.00 bits per heavy atom. The number of benzene rings is 2. The Morgan fingerprint density at radius 3 is 2.76 bits per heavy atom. The number of aryl methyl sites for hydroxylation is 2. The normalized spacial score (nSPS) is 10.8. The number of nitrogens with one attached hydrogen (secondary N) is 2. The van der Waals surface area contributed by atoms with Crippen molar-refractivity contribution < 1.29 is 4.79 Å². The summed E-state index contributed by atoms with van der Waals surface area (Å²) in [5, 5.41) is 3.30. The van der Waals surface area contributed by atoms with Crippen molar-refractivity contribution in [1.29, 1.82) is 0 Å². The quantitative estimate of drug-likeness (QED) is 0.716. The molecule has 3 aromatic rings. The summed E-state index contributed by atoms with van der Waals surface area (Å²) in [6, 6.07) is 12.1. The molecule has 0 unspecified atom stereocenters. The van der Waals surface area contributed by atoms with Crippen molar-refractivity contribution >= 4 is 29.0 Å². The molecule has 0 saturated carbocycles. The molecule has 2 N–H and O–H groups in total. The number of carbonyl (C=O) groups is 1. The minimum atomic E-state index is 0.427. The average Bonchev–Trinajstić information content (AvgIpc) is 2.85. The third kappa shape index (κ3) is 2.65. The van der Waals surface area contributed by atoms with Gasteiger partial charge in [0.1, 0.15) is 6.29 Å². The van der Waals surface area contributed by atoms with E-state index in [4.69, 9.17) is 0 Å².